The van der Waals surface area contributed by atoms with Gasteiger partial charge in [-0.1, -0.05) is 18.0 Å². The molecule has 1 saturated carbocycles. The Kier molecular flexibility index (Phi) is 2.33. The lowest BCUT2D eigenvalue weighted by Gasteiger charge is -2.24. The van der Waals surface area contributed by atoms with Gasteiger partial charge in [0.2, 0.25) is 0 Å². The zero-order valence-corrected chi connectivity index (χ0v) is 9.94. The lowest BCUT2D eigenvalue weighted by molar-refractivity contribution is 0.0857. The van der Waals surface area contributed by atoms with Crippen molar-refractivity contribution in [1.82, 2.24) is 9.66 Å². The number of nitrogens with two attached hydrogens (primary N) is 1. The first-order valence-corrected chi connectivity index (χ1v) is 6.01. The highest BCUT2D eigenvalue weighted by Gasteiger charge is 2.29. The predicted octanol–water partition coefficient (Wildman–Crippen LogP) is 2.39. The minimum absolute atomic E-state index is 0.124. The second-order valence-corrected chi connectivity index (χ2v) is 4.84. The van der Waals surface area contributed by atoms with Crippen molar-refractivity contribution in [2.24, 2.45) is 5.92 Å². The molecule has 1 fully saturated rings. The van der Waals surface area contributed by atoms with Gasteiger partial charge in [0, 0.05) is 29.3 Å². The van der Waals surface area contributed by atoms with Crippen LogP contribution in [0, 0.1) is 5.92 Å². The Balaban J connectivity index is 2.19. The van der Waals surface area contributed by atoms with Gasteiger partial charge in [0.25, 0.3) is 0 Å². The summed E-state index contributed by atoms with van der Waals surface area (Å²) in [5.74, 6) is 5.97. The second kappa shape index (κ2) is 3.74. The van der Waals surface area contributed by atoms with Crippen LogP contribution in [0.5, 0.6) is 0 Å². The molecule has 4 nitrogen and oxygen atoms in total. The van der Waals surface area contributed by atoms with Gasteiger partial charge in [-0.2, -0.15) is 0 Å². The third-order valence-electron chi connectivity index (χ3n) is 3.42. The van der Waals surface area contributed by atoms with E-state index in [1.807, 2.05) is 0 Å². The molecule has 1 aliphatic carbocycles. The molecule has 0 radical (unpaired) electrons. The molecule has 17 heavy (non-hydrogen) atoms. The summed E-state index contributed by atoms with van der Waals surface area (Å²) in [6, 6.07) is 1.79. The number of pyridine rings is 1. The molecule has 2 aromatic heterocycles. The zero-order valence-electron chi connectivity index (χ0n) is 9.19. The van der Waals surface area contributed by atoms with Gasteiger partial charge in [0.1, 0.15) is 0 Å². The maximum absolute atomic E-state index is 12.3. The molecule has 2 aromatic rings. The van der Waals surface area contributed by atoms with E-state index in [9.17, 15) is 4.79 Å². The highest BCUT2D eigenvalue weighted by Crippen LogP contribution is 2.34. The third kappa shape index (κ3) is 1.52. The number of carbonyl (C=O) groups is 1. The fourth-order valence-corrected chi connectivity index (χ4v) is 2.45. The normalized spacial score (nSPS) is 16.1. The van der Waals surface area contributed by atoms with E-state index < -0.39 is 0 Å². The minimum Gasteiger partial charge on any atom is -0.338 e. The smallest absolute Gasteiger partial charge is 0.168 e. The lowest BCUT2D eigenvalue weighted by Crippen LogP contribution is -2.22. The molecule has 2 N–H and O–H groups in total. The number of carbonyl (C=O) groups excluding carboxylic acids is 1. The molecule has 0 bridgehead atoms. The summed E-state index contributed by atoms with van der Waals surface area (Å²) in [6.45, 7) is 0. The first kappa shape index (κ1) is 10.6. The van der Waals surface area contributed by atoms with Crippen LogP contribution in [0.3, 0.4) is 0 Å². The van der Waals surface area contributed by atoms with Crippen molar-refractivity contribution >= 4 is 28.4 Å². The highest BCUT2D eigenvalue weighted by molar-refractivity contribution is 6.35. The van der Waals surface area contributed by atoms with Gasteiger partial charge in [-0.25, -0.2) is 4.98 Å². The first-order valence-electron chi connectivity index (χ1n) is 5.63. The van der Waals surface area contributed by atoms with Gasteiger partial charge in [0.05, 0.1) is 5.02 Å². The van der Waals surface area contributed by atoms with E-state index >= 15 is 0 Å². The molecular formula is C12H12ClN3O. The van der Waals surface area contributed by atoms with E-state index in [0.717, 1.165) is 24.6 Å². The van der Waals surface area contributed by atoms with E-state index in [4.69, 9.17) is 17.4 Å². The topological polar surface area (TPSA) is 60.9 Å². The van der Waals surface area contributed by atoms with Crippen LogP contribution in [0.1, 0.15) is 29.6 Å². The lowest BCUT2D eigenvalue weighted by atomic mass is 9.79. The summed E-state index contributed by atoms with van der Waals surface area (Å²) in [4.78, 5) is 16.4. The summed E-state index contributed by atoms with van der Waals surface area (Å²) >= 11 is 6.10. The van der Waals surface area contributed by atoms with E-state index in [-0.39, 0.29) is 11.7 Å². The Labute approximate surface area is 103 Å². The summed E-state index contributed by atoms with van der Waals surface area (Å²) in [5.41, 5.74) is 1.17. The van der Waals surface area contributed by atoms with Crippen molar-refractivity contribution in [3.8, 4) is 0 Å². The summed E-state index contributed by atoms with van der Waals surface area (Å²) in [5, 5.41) is 1.16. The Morgan fingerprint density at radius 3 is 2.94 bits per heavy atom. The average molecular weight is 250 g/mol. The summed E-state index contributed by atoms with van der Waals surface area (Å²) < 4.78 is 1.41. The fraction of sp³-hybridized carbons (Fsp3) is 0.333. The Bertz CT molecular complexity index is 601. The Morgan fingerprint density at radius 2 is 2.29 bits per heavy atom. The first-order chi connectivity index (χ1) is 8.18. The highest BCUT2D eigenvalue weighted by atomic mass is 35.5. The molecule has 0 spiro atoms. The van der Waals surface area contributed by atoms with Crippen LogP contribution in [0.25, 0.3) is 11.0 Å². The summed E-state index contributed by atoms with van der Waals surface area (Å²) in [7, 11) is 0. The van der Waals surface area contributed by atoms with Crippen molar-refractivity contribution < 1.29 is 4.79 Å². The van der Waals surface area contributed by atoms with Crippen LogP contribution < -0.4 is 5.84 Å². The maximum Gasteiger partial charge on any atom is 0.168 e. The number of nitrogen functional groups attached to an aromatic ring is 1. The summed E-state index contributed by atoms with van der Waals surface area (Å²) in [6.07, 6.45) is 6.23. The maximum atomic E-state index is 12.3. The average Bonchev–Trinajstić information content (AvgIpc) is 2.57. The van der Waals surface area contributed by atoms with Crippen LogP contribution in [0.4, 0.5) is 0 Å². The van der Waals surface area contributed by atoms with E-state index in [1.165, 1.54) is 10.9 Å². The number of ketones is 1. The fourth-order valence-electron chi connectivity index (χ4n) is 2.21. The molecule has 5 heteroatoms. The van der Waals surface area contributed by atoms with Gasteiger partial charge in [-0.3, -0.25) is 9.47 Å². The number of aromatic nitrogens is 2. The number of halogens is 1. The molecule has 0 atom stereocenters. The SMILES string of the molecule is Nn1ccc2c(C(=O)C3CCC3)c(Cl)cnc21. The molecule has 0 unspecified atom stereocenters. The van der Waals surface area contributed by atoms with Crippen molar-refractivity contribution in [1.29, 1.82) is 0 Å². The molecule has 88 valence electrons. The van der Waals surface area contributed by atoms with Gasteiger partial charge < -0.3 is 5.84 Å². The molecule has 2 heterocycles. The molecule has 3 rings (SSSR count). The van der Waals surface area contributed by atoms with Crippen molar-refractivity contribution in [3.63, 3.8) is 0 Å². The van der Waals surface area contributed by atoms with Crippen molar-refractivity contribution in [2.75, 3.05) is 5.84 Å². The van der Waals surface area contributed by atoms with Crippen LogP contribution >= 0.6 is 11.6 Å². The second-order valence-electron chi connectivity index (χ2n) is 4.43. The zero-order chi connectivity index (χ0) is 12.0. The molecular weight excluding hydrogens is 238 g/mol. The van der Waals surface area contributed by atoms with Gasteiger partial charge in [-0.05, 0) is 18.9 Å². The molecule has 0 aliphatic heterocycles. The van der Waals surface area contributed by atoms with Crippen LogP contribution in [-0.2, 0) is 0 Å². The van der Waals surface area contributed by atoms with Gasteiger partial charge in [0.15, 0.2) is 11.4 Å². The van der Waals surface area contributed by atoms with Crippen LogP contribution in [-0.4, -0.2) is 15.4 Å². The largest absolute Gasteiger partial charge is 0.338 e. The van der Waals surface area contributed by atoms with Gasteiger partial charge in [-0.15, -0.1) is 0 Å². The van der Waals surface area contributed by atoms with Gasteiger partial charge >= 0.3 is 0 Å². The Hall–Kier alpha value is -1.55. The van der Waals surface area contributed by atoms with E-state index in [1.54, 1.807) is 12.3 Å². The number of hydrogen-bond donors (Lipinski definition) is 1. The van der Waals surface area contributed by atoms with Crippen LogP contribution in [0.2, 0.25) is 5.02 Å². The number of Topliss-reactive ketones (excluding diaryl/α,β-unsaturated/α-hetero) is 1. The van der Waals surface area contributed by atoms with E-state index in [0.29, 0.717) is 16.2 Å². The number of hydrogen-bond acceptors (Lipinski definition) is 3. The number of nitrogens with zero attached hydrogens (tertiary/aromatic N) is 2. The molecule has 0 aromatic carbocycles. The number of rotatable bonds is 2. The molecule has 1 aliphatic rings. The monoisotopic (exact) mass is 249 g/mol. The quantitative estimate of drug-likeness (QED) is 0.657. The van der Waals surface area contributed by atoms with E-state index in [2.05, 4.69) is 4.98 Å². The van der Waals surface area contributed by atoms with Crippen molar-refractivity contribution in [2.45, 2.75) is 19.3 Å². The predicted molar refractivity (Wildman–Crippen MR) is 66.6 cm³/mol. The Morgan fingerprint density at radius 1 is 1.53 bits per heavy atom. The third-order valence-corrected chi connectivity index (χ3v) is 3.70. The van der Waals surface area contributed by atoms with Crippen LogP contribution in [0.15, 0.2) is 18.5 Å². The molecule has 0 saturated heterocycles. The standard InChI is InChI=1S/C12H12ClN3O/c13-9-6-15-12-8(4-5-16(12)14)10(9)11(17)7-2-1-3-7/h4-7H,1-3,14H2. The van der Waals surface area contributed by atoms with Crippen molar-refractivity contribution in [3.05, 3.63) is 29.0 Å². The minimum atomic E-state index is 0.124. The number of fused-ring (bicyclic) bond motifs is 1. The molecule has 0 amide bonds.